The summed E-state index contributed by atoms with van der Waals surface area (Å²) in [6.07, 6.45) is 9.72. The van der Waals surface area contributed by atoms with Crippen molar-refractivity contribution in [1.82, 2.24) is 10.4 Å². The van der Waals surface area contributed by atoms with Crippen LogP contribution < -0.4 is 5.43 Å². The third kappa shape index (κ3) is 1.52. The molecular formula is C9H15N2+. The molecule has 0 aromatic heterocycles. The summed E-state index contributed by atoms with van der Waals surface area (Å²) >= 11 is 0. The van der Waals surface area contributed by atoms with Crippen LogP contribution in [-0.4, -0.2) is 18.1 Å². The smallest absolute Gasteiger partial charge is 0.267 e. The predicted octanol–water partition coefficient (Wildman–Crippen LogP) is 1.46. The Labute approximate surface area is 68.2 Å². The monoisotopic (exact) mass is 151 g/mol. The molecule has 1 fully saturated rings. The Balaban J connectivity index is 2.07. The van der Waals surface area contributed by atoms with Gasteiger partial charge in [0, 0.05) is 25.9 Å². The molecule has 0 aliphatic carbocycles. The van der Waals surface area contributed by atoms with Gasteiger partial charge < -0.3 is 0 Å². The Kier molecular flexibility index (Phi) is 2.06. The van der Waals surface area contributed by atoms with Crippen molar-refractivity contribution in [2.75, 3.05) is 13.1 Å². The number of allylic oxidation sites excluding steroid dienone is 2. The van der Waals surface area contributed by atoms with Gasteiger partial charge in [-0.1, -0.05) is 0 Å². The minimum Gasteiger partial charge on any atom is -0.267 e. The molecule has 0 spiro atoms. The van der Waals surface area contributed by atoms with Crippen LogP contribution in [0.5, 0.6) is 0 Å². The van der Waals surface area contributed by atoms with E-state index in [1.165, 1.54) is 37.9 Å². The van der Waals surface area contributed by atoms with Gasteiger partial charge in [-0.3, -0.25) is 5.01 Å². The number of hydrazine groups is 1. The molecule has 1 N–H and O–H groups in total. The lowest BCUT2D eigenvalue weighted by Crippen LogP contribution is -2.38. The second kappa shape index (κ2) is 3.21. The van der Waals surface area contributed by atoms with E-state index in [0.717, 1.165) is 13.0 Å². The zero-order chi connectivity index (χ0) is 7.52. The summed E-state index contributed by atoms with van der Waals surface area (Å²) in [4.78, 5) is 0. The van der Waals surface area contributed by atoms with E-state index in [1.807, 2.05) is 0 Å². The van der Waals surface area contributed by atoms with Crippen molar-refractivity contribution in [1.29, 1.82) is 0 Å². The Hall–Kier alpha value is -0.590. The van der Waals surface area contributed by atoms with Crippen LogP contribution >= 0.6 is 0 Å². The van der Waals surface area contributed by atoms with Crippen LogP contribution in [0.4, 0.5) is 0 Å². The number of nitrogens with one attached hydrogen (secondary N) is 1. The summed E-state index contributed by atoms with van der Waals surface area (Å²) in [6.45, 7) is 2.33. The Morgan fingerprint density at radius 3 is 3.27 bits per heavy atom. The second-order valence-corrected chi connectivity index (χ2v) is 3.24. The van der Waals surface area contributed by atoms with Gasteiger partial charge >= 0.3 is 0 Å². The van der Waals surface area contributed by atoms with Crippen LogP contribution in [-0.2, 0) is 0 Å². The highest BCUT2D eigenvalue weighted by atomic mass is 15.5. The average molecular weight is 151 g/mol. The van der Waals surface area contributed by atoms with Gasteiger partial charge in [-0.2, -0.15) is 0 Å². The molecule has 11 heavy (non-hydrogen) atoms. The lowest BCUT2D eigenvalue weighted by Gasteiger charge is -2.21. The lowest BCUT2D eigenvalue weighted by molar-refractivity contribution is 0.234. The summed E-state index contributed by atoms with van der Waals surface area (Å²) < 4.78 is 0. The fraction of sp³-hybridized carbons (Fsp3) is 0.778. The van der Waals surface area contributed by atoms with E-state index in [4.69, 9.17) is 0 Å². The normalized spacial score (nSPS) is 24.7. The summed E-state index contributed by atoms with van der Waals surface area (Å²) in [6, 6.07) is 0. The molecule has 2 rings (SSSR count). The molecule has 0 aromatic rings. The Morgan fingerprint density at radius 2 is 2.27 bits per heavy atom. The fourth-order valence-corrected chi connectivity index (χ4v) is 1.73. The summed E-state index contributed by atoms with van der Waals surface area (Å²) in [5.74, 6) is 0. The summed E-state index contributed by atoms with van der Waals surface area (Å²) in [5, 5.41) is 2.29. The molecule has 0 amide bonds. The van der Waals surface area contributed by atoms with E-state index in [0.29, 0.717) is 0 Å². The molecule has 0 aromatic carbocycles. The van der Waals surface area contributed by atoms with Crippen molar-refractivity contribution in [2.45, 2.75) is 32.1 Å². The van der Waals surface area contributed by atoms with E-state index in [2.05, 4.69) is 16.5 Å². The molecule has 0 atom stereocenters. The predicted molar refractivity (Wildman–Crippen MR) is 44.5 cm³/mol. The highest BCUT2D eigenvalue weighted by molar-refractivity contribution is 4.99. The van der Waals surface area contributed by atoms with Gasteiger partial charge in [0.2, 0.25) is 6.08 Å². The van der Waals surface area contributed by atoms with Gasteiger partial charge in [-0.25, -0.2) is 5.43 Å². The molecule has 0 bridgehead atoms. The van der Waals surface area contributed by atoms with Gasteiger partial charge in [-0.15, -0.1) is 0 Å². The molecule has 0 radical (unpaired) electrons. The summed E-state index contributed by atoms with van der Waals surface area (Å²) in [7, 11) is 0. The largest absolute Gasteiger partial charge is 0.270 e. The van der Waals surface area contributed by atoms with Crippen molar-refractivity contribution < 1.29 is 0 Å². The minimum atomic E-state index is 1.14. The number of nitrogens with zero attached hydrogens (tertiary/aromatic N) is 1. The summed E-state index contributed by atoms with van der Waals surface area (Å²) in [5.41, 5.74) is 4.83. The van der Waals surface area contributed by atoms with Crippen LogP contribution in [0.3, 0.4) is 0 Å². The highest BCUT2D eigenvalue weighted by Gasteiger charge is 2.25. The molecule has 2 nitrogen and oxygen atoms in total. The molecular weight excluding hydrogens is 136 g/mol. The lowest BCUT2D eigenvalue weighted by atomic mass is 10.1. The average Bonchev–Trinajstić information content (AvgIpc) is 2.28. The number of fused-ring (bicyclic) bond motifs is 1. The molecule has 0 saturated carbocycles. The number of hydrogen-bond donors (Lipinski definition) is 1. The van der Waals surface area contributed by atoms with Gasteiger partial charge in [0.15, 0.2) is 6.42 Å². The van der Waals surface area contributed by atoms with Crippen molar-refractivity contribution >= 4 is 0 Å². The molecule has 2 heteroatoms. The standard InChI is InChI=1S/C9H15N2/c1-3-7-10-11-8-4-2-6-9(11)5-1/h10H,1-5,7-8H2/q+1. The van der Waals surface area contributed by atoms with Gasteiger partial charge in [-0.05, 0) is 12.8 Å². The van der Waals surface area contributed by atoms with Crippen LogP contribution in [0, 0.1) is 6.08 Å². The topological polar surface area (TPSA) is 15.3 Å². The van der Waals surface area contributed by atoms with Crippen LogP contribution in [0.2, 0.25) is 0 Å². The van der Waals surface area contributed by atoms with Gasteiger partial charge in [0.25, 0.3) is 5.70 Å². The molecule has 60 valence electrons. The number of hydrogen-bond acceptors (Lipinski definition) is 2. The van der Waals surface area contributed by atoms with Crippen LogP contribution in [0.15, 0.2) is 5.70 Å². The zero-order valence-electron chi connectivity index (χ0n) is 6.90. The van der Waals surface area contributed by atoms with E-state index < -0.39 is 0 Å². The maximum Gasteiger partial charge on any atom is 0.270 e. The van der Waals surface area contributed by atoms with Crippen molar-refractivity contribution in [2.24, 2.45) is 0 Å². The Bertz CT molecular complexity index is 163. The van der Waals surface area contributed by atoms with E-state index in [1.54, 1.807) is 0 Å². The quantitative estimate of drug-likeness (QED) is 0.527. The first-order valence-corrected chi connectivity index (χ1v) is 4.57. The van der Waals surface area contributed by atoms with Crippen LogP contribution in [0.25, 0.3) is 0 Å². The van der Waals surface area contributed by atoms with Gasteiger partial charge in [0.1, 0.15) is 0 Å². The highest BCUT2D eigenvalue weighted by Crippen LogP contribution is 2.19. The first kappa shape index (κ1) is 7.08. The minimum absolute atomic E-state index is 1.14. The third-order valence-electron chi connectivity index (χ3n) is 2.36. The second-order valence-electron chi connectivity index (χ2n) is 3.24. The van der Waals surface area contributed by atoms with Gasteiger partial charge in [0.05, 0.1) is 0 Å². The van der Waals surface area contributed by atoms with E-state index in [-0.39, 0.29) is 0 Å². The van der Waals surface area contributed by atoms with Crippen molar-refractivity contribution in [3.8, 4) is 0 Å². The van der Waals surface area contributed by atoms with E-state index >= 15 is 0 Å². The maximum atomic E-state index is 3.44. The first-order valence-electron chi connectivity index (χ1n) is 4.57. The zero-order valence-corrected chi connectivity index (χ0v) is 6.90. The van der Waals surface area contributed by atoms with E-state index in [9.17, 15) is 0 Å². The molecule has 2 aliphatic rings. The Morgan fingerprint density at radius 1 is 1.27 bits per heavy atom. The molecule has 0 unspecified atom stereocenters. The molecule has 1 saturated heterocycles. The fourth-order valence-electron chi connectivity index (χ4n) is 1.73. The van der Waals surface area contributed by atoms with Crippen molar-refractivity contribution in [3.05, 3.63) is 11.8 Å². The number of rotatable bonds is 0. The molecule has 2 aliphatic heterocycles. The van der Waals surface area contributed by atoms with Crippen LogP contribution in [0.1, 0.15) is 32.1 Å². The molecule has 2 heterocycles. The third-order valence-corrected chi connectivity index (χ3v) is 2.36. The SMILES string of the molecule is [C+]1=C2CCCCNN2CCC1. The van der Waals surface area contributed by atoms with Crippen molar-refractivity contribution in [3.63, 3.8) is 0 Å². The first-order chi connectivity index (χ1) is 5.47. The maximum absolute atomic E-state index is 3.44.